The van der Waals surface area contributed by atoms with Crippen LogP contribution >= 0.6 is 23.4 Å². The second-order valence-electron chi connectivity index (χ2n) is 5.34. The molecule has 0 bridgehead atoms. The van der Waals surface area contributed by atoms with Gasteiger partial charge in [0.15, 0.2) is 15.0 Å². The minimum Gasteiger partial charge on any atom is -0.375 e. The van der Waals surface area contributed by atoms with Crippen molar-refractivity contribution in [3.05, 3.63) is 29.3 Å². The number of rotatable bonds is 3. The molecule has 0 radical (unpaired) electrons. The third-order valence-electron chi connectivity index (χ3n) is 3.67. The van der Waals surface area contributed by atoms with Crippen molar-refractivity contribution in [3.63, 3.8) is 0 Å². The van der Waals surface area contributed by atoms with Crippen LogP contribution in [0.2, 0.25) is 5.02 Å². The van der Waals surface area contributed by atoms with E-state index in [2.05, 4.69) is 4.99 Å². The molecule has 124 valence electrons. The van der Waals surface area contributed by atoms with Gasteiger partial charge in [-0.1, -0.05) is 35.5 Å². The van der Waals surface area contributed by atoms with Crippen molar-refractivity contribution >= 4 is 50.0 Å². The number of halogens is 1. The Hall–Kier alpha value is -1.09. The van der Waals surface area contributed by atoms with Crippen LogP contribution in [-0.2, 0) is 19.4 Å². The highest BCUT2D eigenvalue weighted by atomic mass is 35.5. The zero-order valence-electron chi connectivity index (χ0n) is 12.3. The van der Waals surface area contributed by atoms with E-state index in [0.717, 1.165) is 0 Å². The molecule has 1 aromatic carbocycles. The van der Waals surface area contributed by atoms with E-state index in [1.54, 1.807) is 23.1 Å². The summed E-state index contributed by atoms with van der Waals surface area (Å²) in [4.78, 5) is 17.7. The van der Waals surface area contributed by atoms with E-state index in [1.165, 1.54) is 18.9 Å². The fourth-order valence-corrected chi connectivity index (χ4v) is 6.91. The molecule has 23 heavy (non-hydrogen) atoms. The van der Waals surface area contributed by atoms with E-state index in [4.69, 9.17) is 16.3 Å². The van der Waals surface area contributed by atoms with Gasteiger partial charge in [0, 0.05) is 12.4 Å². The Kier molecular flexibility index (Phi) is 4.68. The SMILES string of the molecule is COCC(=O)N=C1SC2CS(=O)(=O)CC2N1c1ccccc1Cl. The van der Waals surface area contributed by atoms with Gasteiger partial charge >= 0.3 is 0 Å². The molecule has 3 rings (SSSR count). The van der Waals surface area contributed by atoms with Gasteiger partial charge in [-0.3, -0.25) is 4.79 Å². The summed E-state index contributed by atoms with van der Waals surface area (Å²) < 4.78 is 28.7. The van der Waals surface area contributed by atoms with Gasteiger partial charge in [-0.05, 0) is 12.1 Å². The number of carbonyl (C=O) groups excluding carboxylic acids is 1. The van der Waals surface area contributed by atoms with Gasteiger partial charge < -0.3 is 9.64 Å². The Morgan fingerprint density at radius 3 is 2.87 bits per heavy atom. The highest BCUT2D eigenvalue weighted by Gasteiger charge is 2.49. The Labute approximate surface area is 143 Å². The predicted octanol–water partition coefficient (Wildman–Crippen LogP) is 1.59. The van der Waals surface area contributed by atoms with Crippen molar-refractivity contribution < 1.29 is 17.9 Å². The summed E-state index contributed by atoms with van der Waals surface area (Å²) in [5.74, 6) is -0.288. The second-order valence-corrected chi connectivity index (χ2v) is 9.11. The molecular weight excluding hydrogens is 360 g/mol. The number of nitrogens with zero attached hydrogens (tertiary/aromatic N) is 2. The van der Waals surface area contributed by atoms with Crippen molar-refractivity contribution in [2.75, 3.05) is 30.1 Å². The minimum absolute atomic E-state index is 0.0351. The van der Waals surface area contributed by atoms with E-state index >= 15 is 0 Å². The lowest BCUT2D eigenvalue weighted by molar-refractivity contribution is -0.121. The maximum atomic E-state index is 11.9. The Morgan fingerprint density at radius 1 is 1.43 bits per heavy atom. The molecule has 1 amide bonds. The van der Waals surface area contributed by atoms with Crippen molar-refractivity contribution in [3.8, 4) is 0 Å². The quantitative estimate of drug-likeness (QED) is 0.799. The average molecular weight is 375 g/mol. The predicted molar refractivity (Wildman–Crippen MR) is 92.1 cm³/mol. The van der Waals surface area contributed by atoms with Crippen molar-refractivity contribution in [1.29, 1.82) is 0 Å². The van der Waals surface area contributed by atoms with Gasteiger partial charge in [0.2, 0.25) is 0 Å². The molecule has 0 aliphatic carbocycles. The first kappa shape index (κ1) is 16.8. The van der Waals surface area contributed by atoms with Crippen LogP contribution in [0.15, 0.2) is 29.3 Å². The van der Waals surface area contributed by atoms with Crippen molar-refractivity contribution in [2.24, 2.45) is 4.99 Å². The van der Waals surface area contributed by atoms with Gasteiger partial charge in [-0.25, -0.2) is 8.42 Å². The largest absolute Gasteiger partial charge is 0.375 e. The molecule has 2 saturated heterocycles. The van der Waals surface area contributed by atoms with Crippen LogP contribution in [0.4, 0.5) is 5.69 Å². The van der Waals surface area contributed by atoms with E-state index in [0.29, 0.717) is 15.9 Å². The number of fused-ring (bicyclic) bond motifs is 1. The van der Waals surface area contributed by atoms with Crippen molar-refractivity contribution in [2.45, 2.75) is 11.3 Å². The number of hydrogen-bond donors (Lipinski definition) is 0. The molecule has 0 saturated carbocycles. The summed E-state index contributed by atoms with van der Waals surface area (Å²) in [7, 11) is -1.67. The number of benzene rings is 1. The number of methoxy groups -OCH3 is 1. The molecule has 2 heterocycles. The number of anilines is 1. The minimum atomic E-state index is -3.09. The summed E-state index contributed by atoms with van der Waals surface area (Å²) in [6.07, 6.45) is 0. The molecule has 2 aliphatic rings. The van der Waals surface area contributed by atoms with Crippen LogP contribution in [0.25, 0.3) is 0 Å². The Balaban J connectivity index is 2.01. The topological polar surface area (TPSA) is 76.0 Å². The number of carbonyl (C=O) groups is 1. The second kappa shape index (κ2) is 6.43. The Bertz CT molecular complexity index is 766. The fraction of sp³-hybridized carbons (Fsp3) is 0.429. The van der Waals surface area contributed by atoms with Gasteiger partial charge in [0.05, 0.1) is 28.3 Å². The van der Waals surface area contributed by atoms with E-state index in [-0.39, 0.29) is 29.4 Å². The first-order valence-electron chi connectivity index (χ1n) is 6.92. The third kappa shape index (κ3) is 3.40. The zero-order chi connectivity index (χ0) is 16.6. The van der Waals surface area contributed by atoms with Crippen LogP contribution in [0.3, 0.4) is 0 Å². The number of amidine groups is 1. The van der Waals surface area contributed by atoms with E-state index in [9.17, 15) is 13.2 Å². The number of thioether (sulfide) groups is 1. The van der Waals surface area contributed by atoms with Crippen molar-refractivity contribution in [1.82, 2.24) is 0 Å². The normalized spacial score (nSPS) is 27.4. The fourth-order valence-electron chi connectivity index (χ4n) is 2.76. The van der Waals surface area contributed by atoms with E-state index < -0.39 is 15.7 Å². The zero-order valence-corrected chi connectivity index (χ0v) is 14.7. The first-order valence-corrected chi connectivity index (χ1v) is 10.0. The summed E-state index contributed by atoms with van der Waals surface area (Å²) in [5, 5.41) is 0.820. The molecule has 0 spiro atoms. The number of aliphatic imine (C=N–C) groups is 1. The van der Waals surface area contributed by atoms with Gasteiger partial charge in [-0.15, -0.1) is 0 Å². The molecular formula is C14H15ClN2O4S2. The molecule has 6 nitrogen and oxygen atoms in total. The number of para-hydroxylation sites is 1. The monoisotopic (exact) mass is 374 g/mol. The third-order valence-corrected chi connectivity index (χ3v) is 7.20. The van der Waals surface area contributed by atoms with Gasteiger partial charge in [-0.2, -0.15) is 4.99 Å². The molecule has 2 atom stereocenters. The van der Waals surface area contributed by atoms with Crippen LogP contribution in [-0.4, -0.2) is 56.0 Å². The summed E-state index contributed by atoms with van der Waals surface area (Å²) in [6, 6.07) is 6.88. The summed E-state index contributed by atoms with van der Waals surface area (Å²) >= 11 is 7.57. The number of hydrogen-bond acceptors (Lipinski definition) is 5. The van der Waals surface area contributed by atoms with Gasteiger partial charge in [0.25, 0.3) is 5.91 Å². The summed E-state index contributed by atoms with van der Waals surface area (Å²) in [6.45, 7) is -0.117. The lowest BCUT2D eigenvalue weighted by Crippen LogP contribution is -2.38. The molecule has 2 unspecified atom stereocenters. The van der Waals surface area contributed by atoms with Crippen LogP contribution in [0.5, 0.6) is 0 Å². The molecule has 9 heteroatoms. The smallest absolute Gasteiger partial charge is 0.274 e. The molecule has 0 aromatic heterocycles. The summed E-state index contributed by atoms with van der Waals surface area (Å²) in [5.41, 5.74) is 0.662. The van der Waals surface area contributed by atoms with Crippen LogP contribution < -0.4 is 4.90 Å². The molecule has 2 fully saturated rings. The standard InChI is InChI=1S/C14H15ClN2O4S2/c1-21-6-13(18)16-14-17(10-5-3-2-4-9(10)15)11-7-23(19,20)8-12(11)22-14/h2-5,11-12H,6-8H2,1H3. The number of amides is 1. The van der Waals surface area contributed by atoms with Crippen LogP contribution in [0.1, 0.15) is 0 Å². The van der Waals surface area contributed by atoms with Crippen LogP contribution in [0, 0.1) is 0 Å². The first-order chi connectivity index (χ1) is 10.9. The highest BCUT2D eigenvalue weighted by molar-refractivity contribution is 8.16. The maximum absolute atomic E-state index is 11.9. The highest BCUT2D eigenvalue weighted by Crippen LogP contribution is 2.42. The number of sulfone groups is 1. The maximum Gasteiger partial charge on any atom is 0.274 e. The molecule has 2 aliphatic heterocycles. The lowest BCUT2D eigenvalue weighted by Gasteiger charge is -2.25. The lowest BCUT2D eigenvalue weighted by atomic mass is 10.2. The van der Waals surface area contributed by atoms with E-state index in [1.807, 2.05) is 6.07 Å². The molecule has 1 aromatic rings. The Morgan fingerprint density at radius 2 is 2.17 bits per heavy atom. The average Bonchev–Trinajstić information content (AvgIpc) is 2.91. The van der Waals surface area contributed by atoms with Gasteiger partial charge in [0.1, 0.15) is 6.61 Å². The number of ether oxygens (including phenoxy) is 1. The molecule has 0 N–H and O–H groups in total.